The van der Waals surface area contributed by atoms with Crippen LogP contribution < -0.4 is 5.32 Å². The Morgan fingerprint density at radius 3 is 2.77 bits per heavy atom. The smallest absolute Gasteiger partial charge is 0.0399 e. The summed E-state index contributed by atoms with van der Waals surface area (Å²) in [5.41, 5.74) is 3.71. The quantitative estimate of drug-likeness (QED) is 0.695. The maximum Gasteiger partial charge on any atom is 0.0399 e. The van der Waals surface area contributed by atoms with E-state index >= 15 is 0 Å². The largest absolute Gasteiger partial charge is 0.388 e. The van der Waals surface area contributed by atoms with Crippen molar-refractivity contribution in [1.82, 2.24) is 5.32 Å². The van der Waals surface area contributed by atoms with Crippen molar-refractivity contribution in [3.8, 4) is 0 Å². The van der Waals surface area contributed by atoms with Crippen LogP contribution in [0.15, 0.2) is 47.7 Å². The maximum absolute atomic E-state index is 4.04. The van der Waals surface area contributed by atoms with Crippen LogP contribution in [-0.2, 0) is 0 Å². The zero-order valence-electron chi connectivity index (χ0n) is 8.43. The highest BCUT2D eigenvalue weighted by Crippen LogP contribution is 2.19. The summed E-state index contributed by atoms with van der Waals surface area (Å²) in [5.74, 6) is 0. The molecule has 0 heterocycles. The summed E-state index contributed by atoms with van der Waals surface area (Å²) >= 11 is 0. The lowest BCUT2D eigenvalue weighted by Gasteiger charge is -2.14. The van der Waals surface area contributed by atoms with E-state index in [9.17, 15) is 0 Å². The van der Waals surface area contributed by atoms with Gasteiger partial charge in [-0.05, 0) is 24.0 Å². The van der Waals surface area contributed by atoms with E-state index in [0.29, 0.717) is 0 Å². The normalized spacial score (nSPS) is 18.6. The van der Waals surface area contributed by atoms with Gasteiger partial charge in [0.1, 0.15) is 0 Å². The van der Waals surface area contributed by atoms with Gasteiger partial charge in [-0.1, -0.05) is 37.8 Å². The van der Waals surface area contributed by atoms with Crippen LogP contribution in [0.25, 0.3) is 0 Å². The van der Waals surface area contributed by atoms with Gasteiger partial charge in [0.15, 0.2) is 0 Å². The van der Waals surface area contributed by atoms with E-state index in [1.54, 1.807) is 0 Å². The summed E-state index contributed by atoms with van der Waals surface area (Å²) in [6.45, 7) is 6.17. The van der Waals surface area contributed by atoms with E-state index in [1.807, 2.05) is 7.05 Å². The summed E-state index contributed by atoms with van der Waals surface area (Å²) in [6.07, 6.45) is 10.5. The lowest BCUT2D eigenvalue weighted by Crippen LogP contribution is -2.10. The number of hydrogen-bond acceptors (Lipinski definition) is 1. The number of rotatable bonds is 3. The highest BCUT2D eigenvalue weighted by molar-refractivity contribution is 5.41. The number of hydrogen-bond donors (Lipinski definition) is 1. The van der Waals surface area contributed by atoms with Crippen molar-refractivity contribution >= 4 is 0 Å². The first-order valence-electron chi connectivity index (χ1n) is 4.71. The van der Waals surface area contributed by atoms with Gasteiger partial charge in [0.05, 0.1) is 0 Å². The SMILES string of the molecule is C=C(CC)/C(NC)=C1\C=CC=CC1. The standard InChI is InChI=1S/C12H17N/c1-4-10(2)12(13-3)11-8-6-5-7-9-11/h5-8,13H,2,4,9H2,1,3H3/b12-11-. The van der Waals surface area contributed by atoms with Crippen LogP contribution in [0.3, 0.4) is 0 Å². The summed E-state index contributed by atoms with van der Waals surface area (Å²) in [5, 5.41) is 3.22. The molecule has 70 valence electrons. The zero-order valence-corrected chi connectivity index (χ0v) is 8.43. The van der Waals surface area contributed by atoms with E-state index in [-0.39, 0.29) is 0 Å². The van der Waals surface area contributed by atoms with Gasteiger partial charge >= 0.3 is 0 Å². The lowest BCUT2D eigenvalue weighted by molar-refractivity contribution is 0.929. The minimum absolute atomic E-state index is 0.997. The van der Waals surface area contributed by atoms with Gasteiger partial charge in [0, 0.05) is 12.7 Å². The molecule has 0 atom stereocenters. The Balaban J connectivity index is 2.91. The molecule has 1 aliphatic rings. The number of nitrogens with one attached hydrogen (secondary N) is 1. The molecule has 1 N–H and O–H groups in total. The van der Waals surface area contributed by atoms with Crippen LogP contribution in [0, 0.1) is 0 Å². The molecule has 13 heavy (non-hydrogen) atoms. The second-order valence-electron chi connectivity index (χ2n) is 3.10. The molecule has 0 aromatic rings. The van der Waals surface area contributed by atoms with Crippen molar-refractivity contribution in [3.05, 3.63) is 47.7 Å². The molecular weight excluding hydrogens is 158 g/mol. The fraction of sp³-hybridized carbons (Fsp3) is 0.333. The van der Waals surface area contributed by atoms with Crippen LogP contribution in [0.5, 0.6) is 0 Å². The first-order valence-corrected chi connectivity index (χ1v) is 4.71. The molecule has 1 heteroatoms. The van der Waals surface area contributed by atoms with Gasteiger partial charge in [-0.15, -0.1) is 0 Å². The molecule has 0 fully saturated rings. The van der Waals surface area contributed by atoms with Crippen molar-refractivity contribution < 1.29 is 0 Å². The Hall–Kier alpha value is -1.24. The molecule has 1 aliphatic carbocycles. The van der Waals surface area contributed by atoms with Crippen LogP contribution in [0.1, 0.15) is 19.8 Å². The highest BCUT2D eigenvalue weighted by atomic mass is 14.8. The fourth-order valence-electron chi connectivity index (χ4n) is 1.44. The lowest BCUT2D eigenvalue weighted by atomic mass is 10.0. The van der Waals surface area contributed by atoms with Crippen LogP contribution in [-0.4, -0.2) is 7.05 Å². The van der Waals surface area contributed by atoms with Gasteiger partial charge in [0.2, 0.25) is 0 Å². The molecule has 1 rings (SSSR count). The van der Waals surface area contributed by atoms with Crippen molar-refractivity contribution in [2.45, 2.75) is 19.8 Å². The first kappa shape index (κ1) is 9.85. The zero-order chi connectivity index (χ0) is 9.68. The third-order valence-electron chi connectivity index (χ3n) is 2.23. The Morgan fingerprint density at radius 1 is 1.54 bits per heavy atom. The summed E-state index contributed by atoms with van der Waals surface area (Å²) in [7, 11) is 1.95. The van der Waals surface area contributed by atoms with Crippen molar-refractivity contribution in [2.75, 3.05) is 7.05 Å². The Bertz CT molecular complexity index is 279. The minimum Gasteiger partial charge on any atom is -0.388 e. The molecule has 0 aromatic heterocycles. The van der Waals surface area contributed by atoms with Crippen LogP contribution >= 0.6 is 0 Å². The molecule has 1 nitrogen and oxygen atoms in total. The molecule has 0 saturated carbocycles. The second-order valence-corrected chi connectivity index (χ2v) is 3.10. The molecule has 0 amide bonds. The molecule has 0 bridgehead atoms. The predicted octanol–water partition coefficient (Wildman–Crippen LogP) is 2.94. The van der Waals surface area contributed by atoms with Crippen molar-refractivity contribution in [1.29, 1.82) is 0 Å². The first-order chi connectivity index (χ1) is 6.29. The number of allylic oxidation sites excluding steroid dienone is 6. The monoisotopic (exact) mass is 175 g/mol. The Labute approximate surface area is 80.5 Å². The van der Waals surface area contributed by atoms with E-state index in [0.717, 1.165) is 12.8 Å². The van der Waals surface area contributed by atoms with Gasteiger partial charge in [0.25, 0.3) is 0 Å². The second kappa shape index (κ2) is 4.70. The number of likely N-dealkylation sites (N-methyl/N-ethyl adjacent to an activating group) is 1. The summed E-state index contributed by atoms with van der Waals surface area (Å²) < 4.78 is 0. The molecular formula is C12H17N. The molecule has 0 saturated heterocycles. The molecule has 0 aliphatic heterocycles. The molecule has 0 spiro atoms. The predicted molar refractivity (Wildman–Crippen MR) is 58.4 cm³/mol. The topological polar surface area (TPSA) is 12.0 Å². The summed E-state index contributed by atoms with van der Waals surface area (Å²) in [4.78, 5) is 0. The van der Waals surface area contributed by atoms with Crippen molar-refractivity contribution in [3.63, 3.8) is 0 Å². The van der Waals surface area contributed by atoms with Gasteiger partial charge in [-0.2, -0.15) is 0 Å². The minimum atomic E-state index is 0.997. The molecule has 0 radical (unpaired) electrons. The average Bonchev–Trinajstić information content (AvgIpc) is 2.20. The van der Waals surface area contributed by atoms with Gasteiger partial charge in [-0.3, -0.25) is 0 Å². The van der Waals surface area contributed by atoms with Crippen molar-refractivity contribution in [2.24, 2.45) is 0 Å². The van der Waals surface area contributed by atoms with Gasteiger partial charge < -0.3 is 5.32 Å². The molecule has 0 unspecified atom stereocenters. The van der Waals surface area contributed by atoms with E-state index in [1.165, 1.54) is 16.8 Å². The third kappa shape index (κ3) is 2.35. The summed E-state index contributed by atoms with van der Waals surface area (Å²) in [6, 6.07) is 0. The van der Waals surface area contributed by atoms with E-state index in [2.05, 4.69) is 43.1 Å². The van der Waals surface area contributed by atoms with Gasteiger partial charge in [-0.25, -0.2) is 0 Å². The third-order valence-corrected chi connectivity index (χ3v) is 2.23. The molecule has 0 aromatic carbocycles. The fourth-order valence-corrected chi connectivity index (χ4v) is 1.44. The maximum atomic E-state index is 4.04. The van der Waals surface area contributed by atoms with Crippen LogP contribution in [0.2, 0.25) is 0 Å². The Morgan fingerprint density at radius 2 is 2.31 bits per heavy atom. The average molecular weight is 175 g/mol. The van der Waals surface area contributed by atoms with Crippen LogP contribution in [0.4, 0.5) is 0 Å². The van der Waals surface area contributed by atoms with E-state index in [4.69, 9.17) is 0 Å². The highest BCUT2D eigenvalue weighted by Gasteiger charge is 2.05. The van der Waals surface area contributed by atoms with E-state index < -0.39 is 0 Å². The Kier molecular flexibility index (Phi) is 3.56.